The van der Waals surface area contributed by atoms with Gasteiger partial charge in [0.05, 0.1) is 16.3 Å². The van der Waals surface area contributed by atoms with E-state index in [9.17, 15) is 5.11 Å². The van der Waals surface area contributed by atoms with Crippen LogP contribution in [-0.2, 0) is 0 Å². The molecule has 0 saturated carbocycles. The van der Waals surface area contributed by atoms with Crippen molar-refractivity contribution in [3.8, 4) is 0 Å². The number of hydrogen-bond donors (Lipinski definition) is 2. The summed E-state index contributed by atoms with van der Waals surface area (Å²) in [7, 11) is 0. The topological polar surface area (TPSA) is 45.4 Å². The van der Waals surface area contributed by atoms with Crippen LogP contribution < -0.4 is 5.32 Å². The van der Waals surface area contributed by atoms with Gasteiger partial charge in [-0.3, -0.25) is 0 Å². The molecule has 1 aliphatic carbocycles. The molecule has 1 aliphatic rings. The Hall–Kier alpha value is -1.68. The SMILES string of the molecule is Cc1occc1C(O)Nc1ccccc1C1C=C(Cl)C(Cl)=CC1. The molecule has 5 heteroatoms. The van der Waals surface area contributed by atoms with Gasteiger partial charge in [-0.15, -0.1) is 0 Å². The van der Waals surface area contributed by atoms with Gasteiger partial charge >= 0.3 is 0 Å². The molecule has 1 heterocycles. The van der Waals surface area contributed by atoms with Gasteiger partial charge in [-0.05, 0) is 31.0 Å². The number of benzene rings is 1. The minimum Gasteiger partial charge on any atom is -0.469 e. The lowest BCUT2D eigenvalue weighted by Gasteiger charge is -2.22. The summed E-state index contributed by atoms with van der Waals surface area (Å²) < 4.78 is 5.25. The molecule has 120 valence electrons. The molecule has 0 saturated heterocycles. The zero-order valence-corrected chi connectivity index (χ0v) is 14.1. The number of hydrogen-bond acceptors (Lipinski definition) is 3. The van der Waals surface area contributed by atoms with Crippen LogP contribution in [0.5, 0.6) is 0 Å². The van der Waals surface area contributed by atoms with E-state index in [1.807, 2.05) is 43.3 Å². The van der Waals surface area contributed by atoms with Crippen LogP contribution in [0.15, 0.2) is 63.2 Å². The Bertz CT molecular complexity index is 764. The predicted molar refractivity (Wildman–Crippen MR) is 93.7 cm³/mol. The number of allylic oxidation sites excluding steroid dienone is 4. The third-order valence-electron chi connectivity index (χ3n) is 3.97. The standard InChI is InChI=1S/C18H17Cl2NO2/c1-11-13(8-9-23-11)18(22)21-17-5-3-2-4-14(17)12-6-7-15(19)16(20)10-12/h2-5,7-10,12,18,21-22H,6H2,1H3. The normalized spacial score (nSPS) is 19.0. The highest BCUT2D eigenvalue weighted by Crippen LogP contribution is 2.37. The molecule has 0 amide bonds. The van der Waals surface area contributed by atoms with Gasteiger partial charge in [-0.25, -0.2) is 0 Å². The Kier molecular flexibility index (Phi) is 4.81. The second-order valence-corrected chi connectivity index (χ2v) is 6.29. The predicted octanol–water partition coefficient (Wildman–Crippen LogP) is 5.42. The van der Waals surface area contributed by atoms with Crippen LogP contribution in [0.1, 0.15) is 35.5 Å². The summed E-state index contributed by atoms with van der Waals surface area (Å²) >= 11 is 12.2. The van der Waals surface area contributed by atoms with E-state index in [-0.39, 0.29) is 5.92 Å². The van der Waals surface area contributed by atoms with E-state index in [4.69, 9.17) is 27.6 Å². The summed E-state index contributed by atoms with van der Waals surface area (Å²) in [4.78, 5) is 0. The van der Waals surface area contributed by atoms with E-state index in [1.54, 1.807) is 12.3 Å². The Balaban J connectivity index is 1.86. The van der Waals surface area contributed by atoms with Gasteiger partial charge in [0.15, 0.2) is 6.23 Å². The quantitative estimate of drug-likeness (QED) is 0.724. The van der Waals surface area contributed by atoms with Crippen molar-refractivity contribution in [3.63, 3.8) is 0 Å². The van der Waals surface area contributed by atoms with Crippen molar-refractivity contribution in [1.82, 2.24) is 0 Å². The van der Waals surface area contributed by atoms with Crippen LogP contribution in [0.4, 0.5) is 5.69 Å². The molecule has 0 aliphatic heterocycles. The van der Waals surface area contributed by atoms with E-state index in [0.717, 1.165) is 23.2 Å². The van der Waals surface area contributed by atoms with Gasteiger partial charge in [-0.2, -0.15) is 0 Å². The third kappa shape index (κ3) is 3.47. The minimum atomic E-state index is -0.836. The number of furan rings is 1. The van der Waals surface area contributed by atoms with Gasteiger partial charge in [0.25, 0.3) is 0 Å². The molecule has 0 bridgehead atoms. The van der Waals surface area contributed by atoms with Crippen LogP contribution in [-0.4, -0.2) is 5.11 Å². The smallest absolute Gasteiger partial charge is 0.154 e. The Morgan fingerprint density at radius 1 is 1.22 bits per heavy atom. The molecular formula is C18H17Cl2NO2. The number of aliphatic hydroxyl groups is 1. The number of nitrogens with one attached hydrogen (secondary N) is 1. The Morgan fingerprint density at radius 3 is 2.70 bits per heavy atom. The van der Waals surface area contributed by atoms with E-state index >= 15 is 0 Å². The monoisotopic (exact) mass is 349 g/mol. The van der Waals surface area contributed by atoms with Crippen molar-refractivity contribution in [3.05, 3.63) is 75.7 Å². The summed E-state index contributed by atoms with van der Waals surface area (Å²) in [5.41, 5.74) is 2.64. The number of anilines is 1. The Morgan fingerprint density at radius 2 is 2.00 bits per heavy atom. The van der Waals surface area contributed by atoms with Crippen molar-refractivity contribution in [2.75, 3.05) is 5.32 Å². The number of aryl methyl sites for hydroxylation is 1. The maximum absolute atomic E-state index is 10.4. The van der Waals surface area contributed by atoms with Crippen molar-refractivity contribution >= 4 is 28.9 Å². The summed E-state index contributed by atoms with van der Waals surface area (Å²) in [5, 5.41) is 14.7. The summed E-state index contributed by atoms with van der Waals surface area (Å²) in [6, 6.07) is 9.62. The van der Waals surface area contributed by atoms with E-state index < -0.39 is 6.23 Å². The van der Waals surface area contributed by atoms with Gasteiger partial charge in [-0.1, -0.05) is 53.6 Å². The molecular weight excluding hydrogens is 333 g/mol. The van der Waals surface area contributed by atoms with Crippen LogP contribution in [0.3, 0.4) is 0 Å². The first kappa shape index (κ1) is 16.2. The lowest BCUT2D eigenvalue weighted by Crippen LogP contribution is -2.12. The first-order chi connectivity index (χ1) is 11.1. The summed E-state index contributed by atoms with van der Waals surface area (Å²) in [5.74, 6) is 0.809. The van der Waals surface area contributed by atoms with Crippen molar-refractivity contribution in [1.29, 1.82) is 0 Å². The molecule has 0 radical (unpaired) electrons. The molecule has 2 aromatic rings. The molecule has 0 fully saturated rings. The van der Waals surface area contributed by atoms with Gasteiger partial charge in [0.1, 0.15) is 5.76 Å². The van der Waals surface area contributed by atoms with Gasteiger partial charge in [0.2, 0.25) is 0 Å². The highest BCUT2D eigenvalue weighted by Gasteiger charge is 2.20. The lowest BCUT2D eigenvalue weighted by molar-refractivity contribution is 0.206. The van der Waals surface area contributed by atoms with E-state index in [1.165, 1.54) is 0 Å². The number of aliphatic hydroxyl groups excluding tert-OH is 1. The summed E-state index contributed by atoms with van der Waals surface area (Å²) in [6.45, 7) is 1.82. The highest BCUT2D eigenvalue weighted by molar-refractivity contribution is 6.44. The molecule has 2 N–H and O–H groups in total. The van der Waals surface area contributed by atoms with Crippen molar-refractivity contribution in [2.24, 2.45) is 0 Å². The molecule has 0 spiro atoms. The first-order valence-electron chi connectivity index (χ1n) is 7.37. The second kappa shape index (κ2) is 6.83. The molecule has 2 unspecified atom stereocenters. The van der Waals surface area contributed by atoms with Crippen molar-refractivity contribution < 1.29 is 9.52 Å². The van der Waals surface area contributed by atoms with Crippen LogP contribution >= 0.6 is 23.2 Å². The summed E-state index contributed by atoms with van der Waals surface area (Å²) in [6.07, 6.45) is 5.37. The fourth-order valence-electron chi connectivity index (χ4n) is 2.72. The molecule has 3 rings (SSSR count). The highest BCUT2D eigenvalue weighted by atomic mass is 35.5. The van der Waals surface area contributed by atoms with Gasteiger partial charge in [0, 0.05) is 17.2 Å². The largest absolute Gasteiger partial charge is 0.469 e. The molecule has 2 atom stereocenters. The zero-order chi connectivity index (χ0) is 16.4. The van der Waals surface area contributed by atoms with Crippen LogP contribution in [0.25, 0.3) is 0 Å². The fraction of sp³-hybridized carbons (Fsp3) is 0.222. The fourth-order valence-corrected chi connectivity index (χ4v) is 3.11. The van der Waals surface area contributed by atoms with E-state index in [2.05, 4.69) is 5.32 Å². The first-order valence-corrected chi connectivity index (χ1v) is 8.12. The van der Waals surface area contributed by atoms with Crippen LogP contribution in [0, 0.1) is 6.92 Å². The lowest BCUT2D eigenvalue weighted by atomic mass is 9.91. The zero-order valence-electron chi connectivity index (χ0n) is 12.6. The maximum atomic E-state index is 10.4. The number of para-hydroxylation sites is 1. The van der Waals surface area contributed by atoms with E-state index in [0.29, 0.717) is 15.8 Å². The third-order valence-corrected chi connectivity index (χ3v) is 4.76. The second-order valence-electron chi connectivity index (χ2n) is 5.48. The number of rotatable bonds is 4. The van der Waals surface area contributed by atoms with Crippen LogP contribution in [0.2, 0.25) is 0 Å². The van der Waals surface area contributed by atoms with Gasteiger partial charge < -0.3 is 14.8 Å². The maximum Gasteiger partial charge on any atom is 0.154 e. The molecule has 1 aromatic heterocycles. The van der Waals surface area contributed by atoms with Crippen molar-refractivity contribution in [2.45, 2.75) is 25.5 Å². The average Bonchev–Trinajstić information content (AvgIpc) is 2.97. The molecule has 3 nitrogen and oxygen atoms in total. The molecule has 1 aromatic carbocycles. The Labute approximate surface area is 145 Å². The average molecular weight is 350 g/mol. The minimum absolute atomic E-state index is 0.117. The number of halogens is 2. The molecule has 23 heavy (non-hydrogen) atoms.